The summed E-state index contributed by atoms with van der Waals surface area (Å²) in [5, 5.41) is 7.71. The number of hydrogen-bond donors (Lipinski definition) is 1. The van der Waals surface area contributed by atoms with Crippen LogP contribution in [-0.4, -0.2) is 14.8 Å². The first kappa shape index (κ1) is 14.4. The van der Waals surface area contributed by atoms with Gasteiger partial charge in [0.1, 0.15) is 12.1 Å². The van der Waals surface area contributed by atoms with E-state index in [0.29, 0.717) is 5.95 Å². The monoisotopic (exact) mass is 372 g/mol. The summed E-state index contributed by atoms with van der Waals surface area (Å²) < 4.78 is 16.5. The summed E-state index contributed by atoms with van der Waals surface area (Å²) in [6.07, 6.45) is 2.30. The van der Waals surface area contributed by atoms with E-state index in [1.165, 1.54) is 12.4 Å². The summed E-state index contributed by atoms with van der Waals surface area (Å²) in [6, 6.07) is 14.9. The third-order valence-electron chi connectivity index (χ3n) is 4.12. The van der Waals surface area contributed by atoms with Gasteiger partial charge in [-0.05, 0) is 41.8 Å². The summed E-state index contributed by atoms with van der Waals surface area (Å²) in [6.45, 7) is 0. The number of fused-ring (bicyclic) bond motifs is 1. The highest BCUT2D eigenvalue weighted by Gasteiger charge is 2.30. The van der Waals surface area contributed by atoms with E-state index in [1.54, 1.807) is 12.1 Å². The van der Waals surface area contributed by atoms with Crippen molar-refractivity contribution in [3.8, 4) is 0 Å². The van der Waals surface area contributed by atoms with Crippen LogP contribution in [-0.2, 0) is 0 Å². The van der Waals surface area contributed by atoms with E-state index >= 15 is 0 Å². The van der Waals surface area contributed by atoms with Gasteiger partial charge in [0.2, 0.25) is 5.95 Å². The Kier molecular flexibility index (Phi) is 3.61. The van der Waals surface area contributed by atoms with Crippen LogP contribution in [0.3, 0.4) is 0 Å². The molecule has 2 heterocycles. The average molecular weight is 373 g/mol. The van der Waals surface area contributed by atoms with Gasteiger partial charge in [-0.3, -0.25) is 0 Å². The van der Waals surface area contributed by atoms with E-state index in [0.717, 1.165) is 22.0 Å². The van der Waals surface area contributed by atoms with Crippen LogP contribution < -0.4 is 5.32 Å². The predicted molar refractivity (Wildman–Crippen MR) is 89.7 cm³/mol. The quantitative estimate of drug-likeness (QED) is 0.727. The molecule has 4 rings (SSSR count). The van der Waals surface area contributed by atoms with E-state index < -0.39 is 0 Å². The molecule has 0 spiro atoms. The van der Waals surface area contributed by atoms with Crippen molar-refractivity contribution in [3.63, 3.8) is 0 Å². The topological polar surface area (TPSA) is 42.7 Å². The number of nitrogens with one attached hydrogen (secondary N) is 1. The third-order valence-corrected chi connectivity index (χ3v) is 4.61. The van der Waals surface area contributed by atoms with E-state index in [-0.39, 0.29) is 17.9 Å². The molecule has 0 radical (unpaired) electrons. The van der Waals surface area contributed by atoms with Gasteiger partial charge in [0.05, 0.1) is 12.1 Å². The van der Waals surface area contributed by atoms with Crippen LogP contribution in [0.5, 0.6) is 0 Å². The highest BCUT2D eigenvalue weighted by atomic mass is 79.9. The Morgan fingerprint density at radius 1 is 1.13 bits per heavy atom. The Morgan fingerprint density at radius 2 is 1.96 bits per heavy atom. The summed E-state index contributed by atoms with van der Waals surface area (Å²) in [5.74, 6) is 0.470. The molecule has 0 aliphatic carbocycles. The minimum Gasteiger partial charge on any atom is -0.348 e. The molecule has 4 nitrogen and oxygen atoms in total. The van der Waals surface area contributed by atoms with Crippen molar-refractivity contribution in [2.45, 2.75) is 18.5 Å². The minimum absolute atomic E-state index is 0.0477. The number of nitrogens with zero attached hydrogens (tertiary/aromatic N) is 3. The second kappa shape index (κ2) is 5.77. The molecule has 3 aromatic rings. The second-order valence-corrected chi connectivity index (χ2v) is 6.50. The largest absolute Gasteiger partial charge is 0.348 e. The van der Waals surface area contributed by atoms with Crippen molar-refractivity contribution in [2.75, 3.05) is 5.32 Å². The molecule has 0 saturated heterocycles. The van der Waals surface area contributed by atoms with Crippen LogP contribution in [0.2, 0.25) is 0 Å². The first-order chi connectivity index (χ1) is 11.2. The molecule has 2 atom stereocenters. The molecule has 0 unspecified atom stereocenters. The van der Waals surface area contributed by atoms with Gasteiger partial charge in [-0.1, -0.05) is 40.2 Å². The molecule has 116 valence electrons. The molecule has 1 aliphatic rings. The molecule has 0 amide bonds. The second-order valence-electron chi connectivity index (χ2n) is 5.59. The van der Waals surface area contributed by atoms with Gasteiger partial charge in [0.25, 0.3) is 0 Å². The molecule has 0 bridgehead atoms. The third kappa shape index (κ3) is 2.74. The number of rotatable bonds is 2. The first-order valence-electron chi connectivity index (χ1n) is 7.38. The van der Waals surface area contributed by atoms with Crippen LogP contribution in [0.25, 0.3) is 0 Å². The molecule has 0 fully saturated rings. The lowest BCUT2D eigenvalue weighted by molar-refractivity contribution is 0.429. The highest BCUT2D eigenvalue weighted by molar-refractivity contribution is 9.10. The van der Waals surface area contributed by atoms with E-state index in [4.69, 9.17) is 0 Å². The molecular weight excluding hydrogens is 359 g/mol. The number of benzene rings is 2. The predicted octanol–water partition coefficient (Wildman–Crippen LogP) is 4.33. The Balaban J connectivity index is 1.75. The van der Waals surface area contributed by atoms with Crippen molar-refractivity contribution in [3.05, 3.63) is 76.3 Å². The summed E-state index contributed by atoms with van der Waals surface area (Å²) in [7, 11) is 0. The van der Waals surface area contributed by atoms with Crippen molar-refractivity contribution >= 4 is 21.9 Å². The van der Waals surface area contributed by atoms with Crippen molar-refractivity contribution < 1.29 is 4.39 Å². The van der Waals surface area contributed by atoms with Gasteiger partial charge >= 0.3 is 0 Å². The number of aromatic nitrogens is 3. The van der Waals surface area contributed by atoms with Gasteiger partial charge in [-0.2, -0.15) is 10.1 Å². The van der Waals surface area contributed by atoms with Crippen LogP contribution >= 0.6 is 15.9 Å². The molecule has 6 heteroatoms. The molecule has 23 heavy (non-hydrogen) atoms. The normalized spacial score (nSPS) is 19.9. The maximum atomic E-state index is 13.6. The Bertz CT molecular complexity index is 848. The molecule has 1 N–H and O–H groups in total. The van der Waals surface area contributed by atoms with Gasteiger partial charge in [0.15, 0.2) is 0 Å². The average Bonchev–Trinajstić information content (AvgIpc) is 3.02. The smallest absolute Gasteiger partial charge is 0.222 e. The highest BCUT2D eigenvalue weighted by Crippen LogP contribution is 2.37. The Hall–Kier alpha value is -2.21. The van der Waals surface area contributed by atoms with Crippen LogP contribution in [0.15, 0.2) is 59.3 Å². The number of hydrogen-bond acceptors (Lipinski definition) is 3. The van der Waals surface area contributed by atoms with Crippen molar-refractivity contribution in [2.24, 2.45) is 0 Å². The summed E-state index contributed by atoms with van der Waals surface area (Å²) in [4.78, 5) is 4.29. The fraction of sp³-hybridized carbons (Fsp3) is 0.176. The van der Waals surface area contributed by atoms with Gasteiger partial charge in [0, 0.05) is 4.47 Å². The van der Waals surface area contributed by atoms with Gasteiger partial charge < -0.3 is 5.32 Å². The fourth-order valence-electron chi connectivity index (χ4n) is 3.05. The maximum absolute atomic E-state index is 13.6. The van der Waals surface area contributed by atoms with E-state index in [1.807, 2.05) is 22.9 Å². The van der Waals surface area contributed by atoms with Crippen LogP contribution in [0, 0.1) is 5.82 Å². The zero-order valence-electron chi connectivity index (χ0n) is 12.2. The Labute approximate surface area is 141 Å². The minimum atomic E-state index is -0.235. The maximum Gasteiger partial charge on any atom is 0.222 e. The van der Waals surface area contributed by atoms with E-state index in [2.05, 4.69) is 43.5 Å². The van der Waals surface area contributed by atoms with Gasteiger partial charge in [-0.25, -0.2) is 9.07 Å². The summed E-state index contributed by atoms with van der Waals surface area (Å²) >= 11 is 3.51. The molecule has 2 aromatic carbocycles. The van der Waals surface area contributed by atoms with Gasteiger partial charge in [-0.15, -0.1) is 0 Å². The lowest BCUT2D eigenvalue weighted by Crippen LogP contribution is -2.28. The zero-order valence-corrected chi connectivity index (χ0v) is 13.7. The standard InChI is InChI=1S/C17H14BrFN4/c18-13-5-1-3-11(7-13)15-9-16(12-4-2-6-14(19)8-12)23-17(22-15)20-10-21-23/h1-8,10,15-16H,9H2,(H,20,21,22)/t15-,16-/m1/s1. The van der Waals surface area contributed by atoms with Crippen molar-refractivity contribution in [1.82, 2.24) is 14.8 Å². The number of anilines is 1. The van der Waals surface area contributed by atoms with E-state index in [9.17, 15) is 4.39 Å². The zero-order chi connectivity index (χ0) is 15.8. The number of halogens is 2. The molecule has 1 aliphatic heterocycles. The van der Waals surface area contributed by atoms with Crippen LogP contribution in [0.4, 0.5) is 10.3 Å². The fourth-order valence-corrected chi connectivity index (χ4v) is 3.47. The molecule has 1 aromatic heterocycles. The molecular formula is C17H14BrFN4. The lowest BCUT2D eigenvalue weighted by Gasteiger charge is -2.31. The Morgan fingerprint density at radius 3 is 2.78 bits per heavy atom. The van der Waals surface area contributed by atoms with Crippen molar-refractivity contribution in [1.29, 1.82) is 0 Å². The lowest BCUT2D eigenvalue weighted by atomic mass is 9.93. The summed E-state index contributed by atoms with van der Waals surface area (Å²) in [5.41, 5.74) is 2.06. The van der Waals surface area contributed by atoms with Crippen LogP contribution in [0.1, 0.15) is 29.6 Å². The molecule has 0 saturated carbocycles. The first-order valence-corrected chi connectivity index (χ1v) is 8.17. The SMILES string of the molecule is Fc1cccc([C@H]2C[C@H](c3cccc(Br)c3)Nc3ncnn32)c1.